The third-order valence-corrected chi connectivity index (χ3v) is 18.6. The SMILES string of the molecule is CCCCCCCCCCCCCCC/C=C/CC/C=C/CC/C=C/CCCC(O)C(O)C(COC1OC(CO)C(O)C(O)C1O)NC(=O)C(O)CCCCCCCCCCCCCCCCCC/C=C\CCCCCCCCCCCCCCCCCC. The summed E-state index contributed by atoms with van der Waals surface area (Å²) in [6, 6.07) is -1.20. The monoisotopic (exact) mass is 1260 g/mol. The Morgan fingerprint density at radius 1 is 0.382 bits per heavy atom. The molecular weight excluding hydrogens is 1110 g/mol. The van der Waals surface area contributed by atoms with E-state index in [2.05, 4.69) is 67.8 Å². The van der Waals surface area contributed by atoms with Crippen molar-refractivity contribution in [1.82, 2.24) is 5.32 Å². The molecule has 0 aromatic rings. The molecule has 8 N–H and O–H groups in total. The number of aliphatic hydroxyl groups excluding tert-OH is 7. The predicted molar refractivity (Wildman–Crippen MR) is 376 cm³/mol. The minimum atomic E-state index is -1.68. The van der Waals surface area contributed by atoms with E-state index in [1.165, 1.54) is 283 Å². The quantitative estimate of drug-likeness (QED) is 0.0215. The van der Waals surface area contributed by atoms with Crippen LogP contribution in [-0.2, 0) is 14.3 Å². The Balaban J connectivity index is 2.17. The summed E-state index contributed by atoms with van der Waals surface area (Å²) in [6.07, 6.45) is 76.5. The fraction of sp³-hybridized carbons (Fsp3) is 0.885. The smallest absolute Gasteiger partial charge is 0.249 e. The second-order valence-electron chi connectivity index (χ2n) is 27.0. The summed E-state index contributed by atoms with van der Waals surface area (Å²) in [5.74, 6) is -0.707. The average molecular weight is 1260 g/mol. The molecule has 1 aliphatic heterocycles. The van der Waals surface area contributed by atoms with Gasteiger partial charge in [-0.25, -0.2) is 0 Å². The summed E-state index contributed by atoms with van der Waals surface area (Å²) in [6.45, 7) is 3.49. The van der Waals surface area contributed by atoms with Crippen molar-refractivity contribution >= 4 is 5.91 Å². The summed E-state index contributed by atoms with van der Waals surface area (Å²) in [5.41, 5.74) is 0. The molecule has 9 atom stereocenters. The van der Waals surface area contributed by atoms with Crippen LogP contribution in [0.2, 0.25) is 0 Å². The summed E-state index contributed by atoms with van der Waals surface area (Å²) >= 11 is 0. The van der Waals surface area contributed by atoms with Crippen LogP contribution in [-0.4, -0.2) is 110 Å². The second kappa shape index (κ2) is 66.1. The van der Waals surface area contributed by atoms with Crippen molar-refractivity contribution in [1.29, 1.82) is 0 Å². The van der Waals surface area contributed by atoms with Crippen LogP contribution >= 0.6 is 0 Å². The van der Waals surface area contributed by atoms with Crippen molar-refractivity contribution in [2.24, 2.45) is 0 Å². The summed E-state index contributed by atoms with van der Waals surface area (Å²) < 4.78 is 11.2. The van der Waals surface area contributed by atoms with Gasteiger partial charge < -0.3 is 50.5 Å². The number of amides is 1. The molecule has 524 valence electrons. The Hall–Kier alpha value is -1.93. The summed E-state index contributed by atoms with van der Waals surface area (Å²) in [4.78, 5) is 13.3. The Labute approximate surface area is 549 Å². The number of nitrogens with one attached hydrogen (secondary N) is 1. The van der Waals surface area contributed by atoms with Gasteiger partial charge in [0.05, 0.1) is 25.4 Å². The summed E-state index contributed by atoms with van der Waals surface area (Å²) in [7, 11) is 0. The lowest BCUT2D eigenvalue weighted by atomic mass is 9.98. The lowest BCUT2D eigenvalue weighted by Gasteiger charge is -2.40. The molecule has 0 aromatic heterocycles. The maximum atomic E-state index is 13.3. The number of aliphatic hydroxyl groups is 7. The molecule has 1 saturated heterocycles. The van der Waals surface area contributed by atoms with Gasteiger partial charge in [-0.3, -0.25) is 4.79 Å². The van der Waals surface area contributed by atoms with Crippen LogP contribution in [0.25, 0.3) is 0 Å². The Morgan fingerprint density at radius 2 is 0.674 bits per heavy atom. The predicted octanol–water partition coefficient (Wildman–Crippen LogP) is 19.5. The zero-order valence-corrected chi connectivity index (χ0v) is 58.2. The largest absolute Gasteiger partial charge is 0.394 e. The first-order valence-electron chi connectivity index (χ1n) is 38.5. The number of carbonyl (C=O) groups is 1. The lowest BCUT2D eigenvalue weighted by Crippen LogP contribution is -2.60. The van der Waals surface area contributed by atoms with E-state index in [4.69, 9.17) is 9.47 Å². The molecule has 11 nitrogen and oxygen atoms in total. The van der Waals surface area contributed by atoms with Crippen molar-refractivity contribution in [3.63, 3.8) is 0 Å². The van der Waals surface area contributed by atoms with E-state index in [0.717, 1.165) is 44.9 Å². The number of hydrogen-bond donors (Lipinski definition) is 8. The van der Waals surface area contributed by atoms with Gasteiger partial charge in [0.2, 0.25) is 5.91 Å². The Kier molecular flexibility index (Phi) is 63.2. The molecule has 1 rings (SSSR count). The van der Waals surface area contributed by atoms with Crippen LogP contribution in [0.4, 0.5) is 0 Å². The first-order valence-corrected chi connectivity index (χ1v) is 38.5. The Bertz CT molecular complexity index is 1590. The molecule has 0 radical (unpaired) electrons. The number of rotatable bonds is 68. The van der Waals surface area contributed by atoms with Gasteiger partial charge in [-0.15, -0.1) is 0 Å². The Morgan fingerprint density at radius 3 is 1.00 bits per heavy atom. The third kappa shape index (κ3) is 53.1. The highest BCUT2D eigenvalue weighted by Gasteiger charge is 2.44. The topological polar surface area (TPSA) is 189 Å². The highest BCUT2D eigenvalue weighted by atomic mass is 16.7. The van der Waals surface area contributed by atoms with Crippen LogP contribution in [0, 0.1) is 0 Å². The summed E-state index contributed by atoms with van der Waals surface area (Å²) in [5, 5.41) is 76.6. The minimum absolute atomic E-state index is 0.242. The zero-order valence-electron chi connectivity index (χ0n) is 58.2. The molecule has 11 heteroatoms. The maximum absolute atomic E-state index is 13.3. The molecule has 0 saturated carbocycles. The van der Waals surface area contributed by atoms with E-state index in [0.29, 0.717) is 19.3 Å². The van der Waals surface area contributed by atoms with E-state index in [1.807, 2.05) is 0 Å². The van der Waals surface area contributed by atoms with Crippen molar-refractivity contribution in [3.05, 3.63) is 48.6 Å². The first-order chi connectivity index (χ1) is 43.7. The average Bonchev–Trinajstić information content (AvgIpc) is 1.72. The number of hydrogen-bond acceptors (Lipinski definition) is 10. The molecular formula is C78H147NO10. The van der Waals surface area contributed by atoms with Gasteiger partial charge in [-0.1, -0.05) is 332 Å². The highest BCUT2D eigenvalue weighted by Crippen LogP contribution is 2.24. The minimum Gasteiger partial charge on any atom is -0.394 e. The van der Waals surface area contributed by atoms with Gasteiger partial charge in [-0.05, 0) is 89.9 Å². The van der Waals surface area contributed by atoms with Gasteiger partial charge in [0.1, 0.15) is 36.6 Å². The molecule has 0 aliphatic carbocycles. The normalized spacial score (nSPS) is 18.8. The molecule has 1 aliphatic rings. The molecule has 1 amide bonds. The molecule has 1 heterocycles. The molecule has 9 unspecified atom stereocenters. The van der Waals surface area contributed by atoms with Crippen molar-refractivity contribution in [2.75, 3.05) is 13.2 Å². The van der Waals surface area contributed by atoms with Crippen LogP contribution in [0.1, 0.15) is 373 Å². The zero-order chi connectivity index (χ0) is 64.6. The van der Waals surface area contributed by atoms with E-state index in [9.17, 15) is 40.5 Å². The third-order valence-electron chi connectivity index (χ3n) is 18.6. The van der Waals surface area contributed by atoms with Crippen LogP contribution in [0.5, 0.6) is 0 Å². The lowest BCUT2D eigenvalue weighted by molar-refractivity contribution is -0.303. The number of allylic oxidation sites excluding steroid dienone is 8. The molecule has 1 fully saturated rings. The highest BCUT2D eigenvalue weighted by molar-refractivity contribution is 5.80. The molecule has 0 spiro atoms. The number of ether oxygens (including phenoxy) is 2. The van der Waals surface area contributed by atoms with Gasteiger partial charge in [0.25, 0.3) is 0 Å². The van der Waals surface area contributed by atoms with E-state index in [-0.39, 0.29) is 12.8 Å². The molecule has 89 heavy (non-hydrogen) atoms. The van der Waals surface area contributed by atoms with Crippen molar-refractivity contribution < 1.29 is 50.0 Å². The van der Waals surface area contributed by atoms with Crippen LogP contribution in [0.3, 0.4) is 0 Å². The molecule has 0 bridgehead atoms. The van der Waals surface area contributed by atoms with Crippen molar-refractivity contribution in [2.45, 2.75) is 428 Å². The standard InChI is InChI=1S/C78H147NO10/c1-3-5-7-9-11-13-15-17-19-21-23-25-27-29-31-32-33-34-35-36-37-38-39-40-42-44-46-48-50-52-54-56-58-60-62-64-66-71(82)77(87)79-69(68-88-78-76(86)75(85)74(84)72(67-80)89-78)73(83)70(81)65-63-61-59-57-55-53-51-49-47-45-43-41-30-28-26-24-22-20-18-16-14-12-10-8-6-4-2/h34-35,41,43,49,51,57,59,69-76,78,80-86H,3-33,36-40,42,44-48,50,52-56,58,60-68H2,1-2H3,(H,79,87)/b35-34-,43-41+,51-49+,59-57+. The maximum Gasteiger partial charge on any atom is 0.249 e. The van der Waals surface area contributed by atoms with Gasteiger partial charge in [-0.2, -0.15) is 0 Å². The van der Waals surface area contributed by atoms with Crippen LogP contribution in [0.15, 0.2) is 48.6 Å². The van der Waals surface area contributed by atoms with Gasteiger partial charge in [0, 0.05) is 0 Å². The fourth-order valence-electron chi connectivity index (χ4n) is 12.4. The molecule has 0 aromatic carbocycles. The number of unbranched alkanes of at least 4 members (excludes halogenated alkanes) is 48. The fourth-order valence-corrected chi connectivity index (χ4v) is 12.4. The van der Waals surface area contributed by atoms with Gasteiger partial charge >= 0.3 is 0 Å². The van der Waals surface area contributed by atoms with E-state index >= 15 is 0 Å². The van der Waals surface area contributed by atoms with Crippen molar-refractivity contribution in [3.8, 4) is 0 Å². The van der Waals surface area contributed by atoms with E-state index < -0.39 is 74.2 Å². The first kappa shape index (κ1) is 85.1. The van der Waals surface area contributed by atoms with Crippen LogP contribution < -0.4 is 5.32 Å². The van der Waals surface area contributed by atoms with Gasteiger partial charge in [0.15, 0.2) is 6.29 Å². The second-order valence-corrected chi connectivity index (χ2v) is 27.0. The van der Waals surface area contributed by atoms with E-state index in [1.54, 1.807) is 0 Å². The number of carbonyl (C=O) groups excluding carboxylic acids is 1.